The molecule has 2 bridgehead atoms. The van der Waals surface area contributed by atoms with Gasteiger partial charge in [0.25, 0.3) is 0 Å². The van der Waals surface area contributed by atoms with E-state index in [0.29, 0.717) is 23.7 Å². The maximum atomic E-state index is 13.4. The van der Waals surface area contributed by atoms with Crippen LogP contribution in [0.15, 0.2) is 64.0 Å². The molecule has 5 nitrogen and oxygen atoms in total. The maximum Gasteiger partial charge on any atom is 0.348 e. The summed E-state index contributed by atoms with van der Waals surface area (Å²) in [4.78, 5) is 13.4. The lowest BCUT2D eigenvalue weighted by Crippen LogP contribution is -2.65. The predicted molar refractivity (Wildman–Crippen MR) is 131 cm³/mol. The summed E-state index contributed by atoms with van der Waals surface area (Å²) < 4.78 is 13.0. The summed E-state index contributed by atoms with van der Waals surface area (Å²) >= 11 is 2.94. The Morgan fingerprint density at radius 2 is 1.70 bits per heavy atom. The minimum Gasteiger partial charge on any atom is -0.493 e. The number of benzene rings is 1. The van der Waals surface area contributed by atoms with Crippen LogP contribution in [-0.2, 0) is 15.1 Å². The second kappa shape index (κ2) is 9.58. The molecule has 0 spiro atoms. The van der Waals surface area contributed by atoms with Crippen LogP contribution in [0.25, 0.3) is 0 Å². The Balaban J connectivity index is 1.24. The van der Waals surface area contributed by atoms with Gasteiger partial charge in [0.15, 0.2) is 6.10 Å². The molecular weight excluding hydrogens is 454 g/mol. The third kappa shape index (κ3) is 4.60. The molecule has 3 aliphatic rings. The van der Waals surface area contributed by atoms with Crippen LogP contribution in [0.1, 0.15) is 30.4 Å². The molecule has 7 heteroatoms. The fourth-order valence-electron chi connectivity index (χ4n) is 5.34. The summed E-state index contributed by atoms with van der Waals surface area (Å²) in [6.45, 7) is 4.79. The normalized spacial score (nSPS) is 24.5. The highest BCUT2D eigenvalue weighted by molar-refractivity contribution is 7.08. The number of rotatable bonds is 9. The number of thiophene rings is 2. The first-order valence-corrected chi connectivity index (χ1v) is 13.5. The van der Waals surface area contributed by atoms with Gasteiger partial charge in [-0.3, -0.25) is 0 Å². The standard InChI is InChI=1S/C26H30NO4S2/c28-25(26(29,21-9-15-32-18-21)22-10-16-33-19-22)31-24-17-27(12-7-20(24)8-13-27)11-4-14-30-23-5-2-1-3-6-23/h1-3,5-6,9-10,15-16,18-20,24,29H,4,7-8,11-14,17H2/q+1. The van der Waals surface area contributed by atoms with E-state index in [-0.39, 0.29) is 6.10 Å². The van der Waals surface area contributed by atoms with Crippen molar-refractivity contribution in [1.29, 1.82) is 0 Å². The van der Waals surface area contributed by atoms with E-state index in [2.05, 4.69) is 0 Å². The molecule has 3 saturated heterocycles. The number of aliphatic hydroxyl groups is 1. The SMILES string of the molecule is O=C(OC1C[N+]2(CCCOc3ccccc3)CCC1CC2)C(O)(c1ccsc1)c1ccsc1. The van der Waals surface area contributed by atoms with E-state index >= 15 is 0 Å². The average Bonchev–Trinajstić information content (AvgIpc) is 3.58. The molecule has 1 N–H and O–H groups in total. The Morgan fingerprint density at radius 3 is 2.30 bits per heavy atom. The summed E-state index contributed by atoms with van der Waals surface area (Å²) in [7, 11) is 0. The highest BCUT2D eigenvalue weighted by Gasteiger charge is 2.50. The van der Waals surface area contributed by atoms with E-state index in [0.717, 1.165) is 55.7 Å². The van der Waals surface area contributed by atoms with Crippen molar-refractivity contribution >= 4 is 28.6 Å². The third-order valence-electron chi connectivity index (χ3n) is 7.26. The number of para-hydroxylation sites is 1. The largest absolute Gasteiger partial charge is 0.493 e. The Labute approximate surface area is 202 Å². The molecule has 0 radical (unpaired) electrons. The highest BCUT2D eigenvalue weighted by atomic mass is 32.1. The van der Waals surface area contributed by atoms with Crippen LogP contribution in [0.3, 0.4) is 0 Å². The van der Waals surface area contributed by atoms with E-state index in [1.54, 1.807) is 12.1 Å². The van der Waals surface area contributed by atoms with Gasteiger partial charge in [-0.15, -0.1) is 0 Å². The summed E-state index contributed by atoms with van der Waals surface area (Å²) in [5.74, 6) is 0.732. The Bertz CT molecular complexity index is 993. The highest BCUT2D eigenvalue weighted by Crippen LogP contribution is 2.39. The van der Waals surface area contributed by atoms with Gasteiger partial charge in [0.2, 0.25) is 5.60 Å². The van der Waals surface area contributed by atoms with Crippen molar-refractivity contribution in [2.45, 2.75) is 31.0 Å². The first-order valence-electron chi connectivity index (χ1n) is 11.6. The van der Waals surface area contributed by atoms with E-state index in [9.17, 15) is 9.90 Å². The molecule has 33 heavy (non-hydrogen) atoms. The number of quaternary nitrogens is 1. The Kier molecular flexibility index (Phi) is 6.56. The number of esters is 1. The summed E-state index contributed by atoms with van der Waals surface area (Å²) in [6.07, 6.45) is 2.94. The molecule has 2 aromatic heterocycles. The third-order valence-corrected chi connectivity index (χ3v) is 8.63. The Hall–Kier alpha value is -2.19. The van der Waals surface area contributed by atoms with Crippen LogP contribution < -0.4 is 4.74 Å². The van der Waals surface area contributed by atoms with Crippen molar-refractivity contribution in [3.8, 4) is 5.75 Å². The fourth-order valence-corrected chi connectivity index (χ4v) is 6.74. The summed E-state index contributed by atoms with van der Waals surface area (Å²) in [5, 5.41) is 19.0. The molecule has 3 fully saturated rings. The fraction of sp³-hybridized carbons (Fsp3) is 0.423. The van der Waals surface area contributed by atoms with Gasteiger partial charge in [-0.1, -0.05) is 18.2 Å². The molecule has 3 aliphatic heterocycles. The van der Waals surface area contributed by atoms with E-state index in [1.807, 2.05) is 51.9 Å². The summed E-state index contributed by atoms with van der Waals surface area (Å²) in [5.41, 5.74) is -0.585. The minimum absolute atomic E-state index is 0.154. The molecule has 5 heterocycles. The lowest BCUT2D eigenvalue weighted by Gasteiger charge is -2.52. The van der Waals surface area contributed by atoms with Gasteiger partial charge in [-0.05, 0) is 45.8 Å². The monoisotopic (exact) mass is 484 g/mol. The van der Waals surface area contributed by atoms with Crippen molar-refractivity contribution in [3.63, 3.8) is 0 Å². The predicted octanol–water partition coefficient (Wildman–Crippen LogP) is 4.67. The maximum absolute atomic E-state index is 13.4. The minimum atomic E-state index is -1.75. The molecule has 0 saturated carbocycles. The lowest BCUT2D eigenvalue weighted by molar-refractivity contribution is -0.946. The summed E-state index contributed by atoms with van der Waals surface area (Å²) in [6, 6.07) is 13.5. The number of hydrogen-bond acceptors (Lipinski definition) is 6. The topological polar surface area (TPSA) is 55.8 Å². The first kappa shape index (κ1) is 22.6. The van der Waals surface area contributed by atoms with Crippen molar-refractivity contribution < 1.29 is 23.9 Å². The molecule has 0 amide bonds. The molecule has 0 aliphatic carbocycles. The van der Waals surface area contributed by atoms with Gasteiger partial charge >= 0.3 is 5.97 Å². The van der Waals surface area contributed by atoms with E-state index in [1.165, 1.54) is 22.7 Å². The number of carbonyl (C=O) groups excluding carboxylic acids is 1. The van der Waals surface area contributed by atoms with Crippen molar-refractivity contribution in [2.24, 2.45) is 5.92 Å². The van der Waals surface area contributed by atoms with Crippen LogP contribution in [0, 0.1) is 5.92 Å². The molecule has 1 aromatic carbocycles. The first-order chi connectivity index (χ1) is 16.1. The molecular formula is C26H30NO4S2+. The van der Waals surface area contributed by atoms with E-state index in [4.69, 9.17) is 9.47 Å². The zero-order valence-corrected chi connectivity index (χ0v) is 20.2. The second-order valence-electron chi connectivity index (χ2n) is 9.23. The van der Waals surface area contributed by atoms with Gasteiger partial charge in [0.05, 0.1) is 26.2 Å². The number of nitrogens with zero attached hydrogens (tertiary/aromatic N) is 1. The molecule has 1 atom stereocenters. The number of fused-ring (bicyclic) bond motifs is 3. The lowest BCUT2D eigenvalue weighted by atomic mass is 9.82. The van der Waals surface area contributed by atoms with Gasteiger partial charge in [0.1, 0.15) is 12.3 Å². The van der Waals surface area contributed by atoms with Gasteiger partial charge < -0.3 is 19.1 Å². The number of ether oxygens (including phenoxy) is 2. The second-order valence-corrected chi connectivity index (χ2v) is 10.8. The quantitative estimate of drug-likeness (QED) is 0.273. The van der Waals surface area contributed by atoms with Crippen molar-refractivity contribution in [2.75, 3.05) is 32.8 Å². The van der Waals surface area contributed by atoms with E-state index < -0.39 is 11.6 Å². The zero-order chi connectivity index (χ0) is 22.7. The average molecular weight is 485 g/mol. The number of piperidine rings is 3. The smallest absolute Gasteiger partial charge is 0.348 e. The molecule has 174 valence electrons. The van der Waals surface area contributed by atoms with Gasteiger partial charge in [-0.25, -0.2) is 4.79 Å². The molecule has 3 aromatic rings. The van der Waals surface area contributed by atoms with Crippen LogP contribution in [-0.4, -0.2) is 54.4 Å². The number of hydrogen-bond donors (Lipinski definition) is 1. The van der Waals surface area contributed by atoms with Crippen LogP contribution in [0.2, 0.25) is 0 Å². The van der Waals surface area contributed by atoms with Gasteiger partial charge in [-0.2, -0.15) is 22.7 Å². The van der Waals surface area contributed by atoms with Crippen LogP contribution in [0.4, 0.5) is 0 Å². The zero-order valence-electron chi connectivity index (χ0n) is 18.6. The molecule has 6 rings (SSSR count). The van der Waals surface area contributed by atoms with Crippen molar-refractivity contribution in [1.82, 2.24) is 0 Å². The van der Waals surface area contributed by atoms with Crippen LogP contribution >= 0.6 is 22.7 Å². The van der Waals surface area contributed by atoms with Crippen molar-refractivity contribution in [3.05, 3.63) is 75.1 Å². The number of carbonyl (C=O) groups is 1. The Morgan fingerprint density at radius 1 is 1.03 bits per heavy atom. The van der Waals surface area contributed by atoms with Crippen LogP contribution in [0.5, 0.6) is 5.75 Å². The van der Waals surface area contributed by atoms with Gasteiger partial charge in [0, 0.05) is 36.3 Å². The molecule has 1 unspecified atom stereocenters.